The molecule has 0 saturated carbocycles. The monoisotopic (exact) mass is 1250 g/mol. The zero-order valence-corrected chi connectivity index (χ0v) is 55.7. The van der Waals surface area contributed by atoms with Crippen LogP contribution in [0, 0.1) is 0 Å². The Labute approximate surface area is 520 Å². The second-order valence-corrected chi connectivity index (χ2v) is 32.8. The van der Waals surface area contributed by atoms with Crippen molar-refractivity contribution in [2.24, 2.45) is 0 Å². The van der Waals surface area contributed by atoms with Gasteiger partial charge in [0.25, 0.3) is 0 Å². The molecular weight excluding hydrogens is 1160 g/mol. The smallest absolute Gasteiger partial charge is 0.192 e. The van der Waals surface area contributed by atoms with Crippen LogP contribution in [0.3, 0.4) is 0 Å². The van der Waals surface area contributed by atoms with Crippen molar-refractivity contribution in [3.05, 3.63) is 186 Å². The van der Waals surface area contributed by atoms with Crippen molar-refractivity contribution in [3.63, 3.8) is 0 Å². The summed E-state index contributed by atoms with van der Waals surface area (Å²) in [7, 11) is 3.38. The number of aliphatic hydroxyl groups excluding tert-OH is 1. The third-order valence-corrected chi connectivity index (χ3v) is 23.5. The summed E-state index contributed by atoms with van der Waals surface area (Å²) in [4.78, 5) is 43.7. The summed E-state index contributed by atoms with van der Waals surface area (Å²) < 4.78 is 40.4. The van der Waals surface area contributed by atoms with Crippen molar-refractivity contribution in [3.8, 4) is 28.7 Å². The fourth-order valence-corrected chi connectivity index (χ4v) is 8.72. The van der Waals surface area contributed by atoms with Crippen LogP contribution in [0.2, 0.25) is 41.3 Å². The van der Waals surface area contributed by atoms with Crippen molar-refractivity contribution < 1.29 is 47.3 Å². The van der Waals surface area contributed by atoms with Gasteiger partial charge in [0.05, 0.1) is 90.1 Å². The van der Waals surface area contributed by atoms with E-state index in [9.17, 15) is 0 Å². The first-order valence-corrected chi connectivity index (χ1v) is 34.7. The molecule has 0 saturated heterocycles. The van der Waals surface area contributed by atoms with Gasteiger partial charge in [-0.3, -0.25) is 0 Å². The van der Waals surface area contributed by atoms with Crippen LogP contribution in [0.15, 0.2) is 147 Å². The Bertz CT molecular complexity index is 3190. The molecule has 8 aromatic rings. The van der Waals surface area contributed by atoms with Gasteiger partial charge in [-0.05, 0) is 59.5 Å². The first-order chi connectivity index (χ1) is 41.5. The fourth-order valence-electron chi connectivity index (χ4n) is 6.65. The summed E-state index contributed by atoms with van der Waals surface area (Å²) in [6, 6.07) is 31.4. The first kappa shape index (κ1) is 70.7. The largest absolute Gasteiger partial charge is 0.489 e. The molecule has 0 atom stereocenters. The molecule has 4 aromatic heterocycles. The second-order valence-electron chi connectivity index (χ2n) is 22.8. The van der Waals surface area contributed by atoms with Crippen LogP contribution >= 0.6 is 11.6 Å². The normalized spacial score (nSPS) is 11.6. The molecule has 468 valence electrons. The minimum absolute atomic E-state index is 0.154. The van der Waals surface area contributed by atoms with Gasteiger partial charge in [-0.15, -0.1) is 0 Å². The third kappa shape index (κ3) is 25.3. The Morgan fingerprint density at radius 3 is 1.14 bits per heavy atom. The maximum absolute atomic E-state index is 8.77. The molecule has 1 N–H and O–H groups in total. The lowest BCUT2D eigenvalue weighted by Crippen LogP contribution is -2.40. The molecule has 0 fully saturated rings. The highest BCUT2D eigenvalue weighted by molar-refractivity contribution is 6.74. The summed E-state index contributed by atoms with van der Waals surface area (Å²) in [6.07, 6.45) is 13.2. The van der Waals surface area contributed by atoms with Crippen LogP contribution in [0.1, 0.15) is 76.0 Å². The molecule has 8 rings (SSSR count). The van der Waals surface area contributed by atoms with E-state index in [1.54, 1.807) is 73.9 Å². The van der Waals surface area contributed by atoms with Crippen LogP contribution in [-0.4, -0.2) is 126 Å². The van der Waals surface area contributed by atoms with Crippen LogP contribution in [0.25, 0.3) is 10.8 Å². The first-order valence-electron chi connectivity index (χ1n) is 28.5. The highest BCUT2D eigenvalue weighted by atomic mass is 35.5. The van der Waals surface area contributed by atoms with Gasteiger partial charge in [-0.1, -0.05) is 138 Å². The van der Waals surface area contributed by atoms with Gasteiger partial charge in [-0.25, -0.2) is 39.9 Å². The van der Waals surface area contributed by atoms with Crippen molar-refractivity contribution in [2.45, 2.75) is 117 Å². The third-order valence-electron chi connectivity index (χ3n) is 14.3. The van der Waals surface area contributed by atoms with Gasteiger partial charge >= 0.3 is 0 Å². The van der Waals surface area contributed by atoms with Gasteiger partial charge in [0, 0.05) is 29.9 Å². The number of ether oxygens (including phenoxy) is 5. The molecule has 0 aliphatic heterocycles. The number of halogens is 1. The SMILES string of the molecule is CC(C)(C)[Si](C)(C)OCc1ncc(OCc2ccccc2)cn1.CON(C)CCOc1cnc(CO[Si](C)(C)C(C)(C)C)nc1.CON(C)CCOc1cnc(COc2ccc(Cl)c3ccccc23)nc1.OCc1ncc(OCc2ccccc2)cn1. The zero-order chi connectivity index (χ0) is 63.3. The number of fused-ring (bicyclic) bond motifs is 1. The predicted molar refractivity (Wildman–Crippen MR) is 343 cm³/mol. The topological polar surface area (TPSA) is 213 Å². The number of hydrogen-bond donors (Lipinski definition) is 1. The number of benzene rings is 4. The summed E-state index contributed by atoms with van der Waals surface area (Å²) in [5, 5.41) is 15.1. The van der Waals surface area contributed by atoms with Crippen LogP contribution < -0.4 is 23.7 Å². The highest BCUT2D eigenvalue weighted by Crippen LogP contribution is 2.38. The zero-order valence-electron chi connectivity index (χ0n) is 52.9. The molecule has 87 heavy (non-hydrogen) atoms. The lowest BCUT2D eigenvalue weighted by atomic mass is 10.1. The Morgan fingerprint density at radius 1 is 0.425 bits per heavy atom. The van der Waals surface area contributed by atoms with E-state index in [0.717, 1.165) is 27.6 Å². The van der Waals surface area contributed by atoms with E-state index in [-0.39, 0.29) is 23.3 Å². The van der Waals surface area contributed by atoms with Gasteiger partial charge in [-0.2, -0.15) is 10.1 Å². The molecule has 0 unspecified atom stereocenters. The van der Waals surface area contributed by atoms with E-state index < -0.39 is 16.6 Å². The Hall–Kier alpha value is -7.10. The Morgan fingerprint density at radius 2 is 0.770 bits per heavy atom. The molecule has 0 amide bonds. The molecule has 23 heteroatoms. The Kier molecular flexibility index (Phi) is 29.0. The van der Waals surface area contributed by atoms with E-state index >= 15 is 0 Å². The lowest BCUT2D eigenvalue weighted by Gasteiger charge is -2.35. The number of nitrogens with zero attached hydrogens (tertiary/aromatic N) is 10. The highest BCUT2D eigenvalue weighted by Gasteiger charge is 2.38. The molecule has 20 nitrogen and oxygen atoms in total. The van der Waals surface area contributed by atoms with Crippen LogP contribution in [0.5, 0.6) is 28.7 Å². The van der Waals surface area contributed by atoms with Crippen LogP contribution in [-0.2, 0) is 58.2 Å². The van der Waals surface area contributed by atoms with E-state index in [1.807, 2.05) is 111 Å². The number of aromatic nitrogens is 8. The van der Waals surface area contributed by atoms with Gasteiger partial charge in [0.15, 0.2) is 62.9 Å². The lowest BCUT2D eigenvalue weighted by molar-refractivity contribution is -0.113. The number of rotatable bonds is 26. The molecule has 4 heterocycles. The summed E-state index contributed by atoms with van der Waals surface area (Å²) in [5.74, 6) is 5.63. The number of aliphatic hydroxyl groups is 1. The van der Waals surface area contributed by atoms with Crippen molar-refractivity contribution >= 4 is 39.0 Å². The molecule has 0 aliphatic rings. The minimum atomic E-state index is -1.77. The summed E-state index contributed by atoms with van der Waals surface area (Å²) in [6.45, 7) is 26.5. The van der Waals surface area contributed by atoms with E-state index in [1.165, 1.54) is 0 Å². The predicted octanol–water partition coefficient (Wildman–Crippen LogP) is 12.7. The Balaban J connectivity index is 0.000000214. The maximum Gasteiger partial charge on any atom is 0.192 e. The second kappa shape index (κ2) is 35.6. The number of hydroxylamine groups is 4. The van der Waals surface area contributed by atoms with E-state index in [2.05, 4.69) is 108 Å². The minimum Gasteiger partial charge on any atom is -0.489 e. The van der Waals surface area contributed by atoms with E-state index in [0.29, 0.717) is 104 Å². The standard InChI is InChI=1S/C19H20ClN3O3.C18H26N2O2Si.C15H29N3O3Si.C12H12N2O2/c1-23(24-2)9-10-25-14-11-21-19(22-12-14)13-26-18-8-7-17(20)15-5-3-4-6-16(15)18;1-18(2,3)23(4,5)22-14-17-19-11-16(12-20-17)21-13-15-9-7-6-8-10-15;1-15(2,3)22(6,7)21-12-14-16-10-13(11-17-14)20-9-8-18(4)19-5;15-8-12-13-6-11(7-14-12)16-9-10-4-2-1-3-5-10/h3-8,11-12H,9-10,13H2,1-2H3;6-12H,13-14H2,1-5H3;10-11H,8-9,12H2,1-7H3;1-7,15H,8-9H2. The summed E-state index contributed by atoms with van der Waals surface area (Å²) >= 11 is 6.23. The molecule has 0 spiro atoms. The molecule has 0 bridgehead atoms. The number of likely N-dealkylation sites (N-methyl/N-ethyl adjacent to an activating group) is 2. The average molecular weight is 1250 g/mol. The van der Waals surface area contributed by atoms with Gasteiger partial charge in [0.1, 0.15) is 45.4 Å². The molecule has 0 aliphatic carbocycles. The quantitative estimate of drug-likeness (QED) is 0.0394. The average Bonchev–Trinajstić information content (AvgIpc) is 3.55. The fraction of sp³-hybridized carbons (Fsp3) is 0.406. The molecular formula is C64H87ClN10O10Si2. The van der Waals surface area contributed by atoms with Crippen LogP contribution in [0.4, 0.5) is 0 Å². The van der Waals surface area contributed by atoms with Crippen molar-refractivity contribution in [1.82, 2.24) is 50.0 Å². The van der Waals surface area contributed by atoms with Crippen molar-refractivity contribution in [1.29, 1.82) is 0 Å². The molecule has 4 aromatic carbocycles. The van der Waals surface area contributed by atoms with Gasteiger partial charge < -0.3 is 47.3 Å². The van der Waals surface area contributed by atoms with E-state index in [4.69, 9.17) is 58.9 Å². The number of hydrogen-bond acceptors (Lipinski definition) is 20. The van der Waals surface area contributed by atoms with Gasteiger partial charge in [0.2, 0.25) is 0 Å². The molecule has 0 radical (unpaired) electrons. The van der Waals surface area contributed by atoms with Crippen molar-refractivity contribution in [2.75, 3.05) is 54.6 Å². The maximum atomic E-state index is 8.77. The summed E-state index contributed by atoms with van der Waals surface area (Å²) in [5.41, 5.74) is 2.21.